The van der Waals surface area contributed by atoms with E-state index in [1.807, 2.05) is 12.1 Å². The largest absolute Gasteiger partial charge is 0.223 e. The average molecular weight is 305 g/mol. The van der Waals surface area contributed by atoms with Gasteiger partial charge in [0, 0.05) is 0 Å². The van der Waals surface area contributed by atoms with Gasteiger partial charge in [-0.05, 0) is 36.0 Å². The second-order valence-corrected chi connectivity index (χ2v) is 9.04. The van der Waals surface area contributed by atoms with Gasteiger partial charge in [-0.1, -0.05) is 45.7 Å². The number of sulfone groups is 1. The Hall–Kier alpha value is -1.34. The lowest BCUT2D eigenvalue weighted by Gasteiger charge is -2.27. The molecule has 0 aliphatic heterocycles. The van der Waals surface area contributed by atoms with Crippen LogP contribution in [-0.4, -0.2) is 13.7 Å². The summed E-state index contributed by atoms with van der Waals surface area (Å²) in [5.74, 6) is -0.369. The Labute approximate surface area is 127 Å². The maximum atomic E-state index is 12.8. The summed E-state index contributed by atoms with van der Waals surface area (Å²) in [6, 6.07) is 9.35. The highest BCUT2D eigenvalue weighted by Gasteiger charge is 2.36. The highest BCUT2D eigenvalue weighted by atomic mass is 32.2. The molecule has 1 aromatic carbocycles. The maximum absolute atomic E-state index is 12.8. The summed E-state index contributed by atoms with van der Waals surface area (Å²) in [6.07, 6.45) is 3.14. The Kier molecular flexibility index (Phi) is 4.43. The molecule has 0 heterocycles. The molecule has 1 aromatic rings. The lowest BCUT2D eigenvalue weighted by molar-refractivity contribution is 0.418. The fourth-order valence-electron chi connectivity index (χ4n) is 2.94. The zero-order chi connectivity index (χ0) is 15.7. The van der Waals surface area contributed by atoms with Gasteiger partial charge < -0.3 is 0 Å². The molecule has 0 N–H and O–H groups in total. The van der Waals surface area contributed by atoms with Crippen LogP contribution in [0.5, 0.6) is 0 Å². The lowest BCUT2D eigenvalue weighted by atomic mass is 9.87. The topological polar surface area (TPSA) is 57.9 Å². The summed E-state index contributed by atoms with van der Waals surface area (Å²) in [4.78, 5) is 0.350. The molecule has 0 bridgehead atoms. The first kappa shape index (κ1) is 16.0. The molecule has 0 aromatic heterocycles. The Bertz CT molecular complexity index is 633. The molecule has 1 aliphatic rings. The van der Waals surface area contributed by atoms with Crippen LogP contribution in [-0.2, 0) is 15.3 Å². The third-order valence-corrected chi connectivity index (χ3v) is 6.61. The van der Waals surface area contributed by atoms with Crippen LogP contribution in [0.4, 0.5) is 0 Å². The van der Waals surface area contributed by atoms with Gasteiger partial charge in [0.1, 0.15) is 0 Å². The second kappa shape index (κ2) is 5.81. The number of hydrogen-bond acceptors (Lipinski definition) is 3. The molecule has 2 rings (SSSR count). The van der Waals surface area contributed by atoms with Crippen LogP contribution >= 0.6 is 0 Å². The highest BCUT2D eigenvalue weighted by Crippen LogP contribution is 2.33. The molecule has 0 amide bonds. The summed E-state index contributed by atoms with van der Waals surface area (Å²) in [6.45, 7) is 6.30. The molecule has 21 heavy (non-hydrogen) atoms. The van der Waals surface area contributed by atoms with Gasteiger partial charge in [0.15, 0.2) is 9.84 Å². The molecule has 1 fully saturated rings. The lowest BCUT2D eigenvalue weighted by Crippen LogP contribution is -2.32. The van der Waals surface area contributed by atoms with Crippen molar-refractivity contribution in [1.29, 1.82) is 5.26 Å². The molecular weight excluding hydrogens is 282 g/mol. The standard InChI is InChI=1S/C17H23NO2S/c1-17(2,3)14-8-10-15(11-9-14)21(19,20)16-7-5-4-6-13(16)12-18/h8-11,13,16H,4-7H2,1-3H3. The SMILES string of the molecule is CC(C)(C)c1ccc(S(=O)(=O)C2CCCCC2C#N)cc1. The first-order valence-electron chi connectivity index (χ1n) is 7.51. The molecule has 2 unspecified atom stereocenters. The second-order valence-electron chi connectivity index (χ2n) is 6.88. The van der Waals surface area contributed by atoms with E-state index in [1.165, 1.54) is 0 Å². The Morgan fingerprint density at radius 2 is 1.67 bits per heavy atom. The predicted octanol–water partition coefficient (Wildman–Crippen LogP) is 3.84. The quantitative estimate of drug-likeness (QED) is 0.834. The van der Waals surface area contributed by atoms with Crippen LogP contribution < -0.4 is 0 Å². The number of rotatable bonds is 2. The number of nitrogens with zero attached hydrogens (tertiary/aromatic N) is 1. The zero-order valence-electron chi connectivity index (χ0n) is 13.0. The Morgan fingerprint density at radius 3 is 2.19 bits per heavy atom. The van der Waals surface area contributed by atoms with Crippen molar-refractivity contribution >= 4 is 9.84 Å². The third kappa shape index (κ3) is 3.29. The summed E-state index contributed by atoms with van der Waals surface area (Å²) in [5, 5.41) is 8.66. The summed E-state index contributed by atoms with van der Waals surface area (Å²) < 4.78 is 25.5. The first-order valence-corrected chi connectivity index (χ1v) is 9.05. The normalized spacial score (nSPS) is 23.5. The first-order chi connectivity index (χ1) is 9.76. The van der Waals surface area contributed by atoms with Crippen LogP contribution in [0, 0.1) is 17.2 Å². The van der Waals surface area contributed by atoms with Crippen molar-refractivity contribution < 1.29 is 8.42 Å². The summed E-state index contributed by atoms with van der Waals surface area (Å²) in [7, 11) is -3.41. The smallest absolute Gasteiger partial charge is 0.182 e. The van der Waals surface area contributed by atoms with Crippen molar-refractivity contribution in [3.63, 3.8) is 0 Å². The van der Waals surface area contributed by atoms with Crippen molar-refractivity contribution in [3.8, 4) is 6.07 Å². The minimum Gasteiger partial charge on any atom is -0.223 e. The van der Waals surface area contributed by atoms with E-state index in [4.69, 9.17) is 0 Å². The maximum Gasteiger partial charge on any atom is 0.182 e. The van der Waals surface area contributed by atoms with Crippen LogP contribution in [0.1, 0.15) is 52.0 Å². The van der Waals surface area contributed by atoms with E-state index < -0.39 is 15.1 Å². The van der Waals surface area contributed by atoms with Gasteiger partial charge in [0.05, 0.1) is 22.1 Å². The predicted molar refractivity (Wildman–Crippen MR) is 83.7 cm³/mol. The van der Waals surface area contributed by atoms with Crippen LogP contribution in [0.25, 0.3) is 0 Å². The molecule has 4 heteroatoms. The molecule has 3 nitrogen and oxygen atoms in total. The van der Waals surface area contributed by atoms with Gasteiger partial charge >= 0.3 is 0 Å². The zero-order valence-corrected chi connectivity index (χ0v) is 13.8. The molecular formula is C17H23NO2S. The van der Waals surface area contributed by atoms with E-state index >= 15 is 0 Å². The van der Waals surface area contributed by atoms with E-state index in [2.05, 4.69) is 26.8 Å². The van der Waals surface area contributed by atoms with Crippen molar-refractivity contribution in [1.82, 2.24) is 0 Å². The minimum absolute atomic E-state index is 0.00230. The van der Waals surface area contributed by atoms with E-state index in [1.54, 1.807) is 12.1 Å². The molecule has 1 saturated carbocycles. The number of nitriles is 1. The Morgan fingerprint density at radius 1 is 1.10 bits per heavy atom. The monoisotopic (exact) mass is 305 g/mol. The fraction of sp³-hybridized carbons (Fsp3) is 0.588. The Balaban J connectivity index is 2.33. The summed E-state index contributed by atoms with van der Waals surface area (Å²) in [5.41, 5.74) is 1.12. The highest BCUT2D eigenvalue weighted by molar-refractivity contribution is 7.92. The van der Waals surface area contributed by atoms with Crippen molar-refractivity contribution in [2.75, 3.05) is 0 Å². The summed E-state index contributed by atoms with van der Waals surface area (Å²) >= 11 is 0. The molecule has 2 atom stereocenters. The molecule has 1 aliphatic carbocycles. The van der Waals surface area contributed by atoms with Gasteiger partial charge in [-0.25, -0.2) is 8.42 Å². The van der Waals surface area contributed by atoms with Crippen molar-refractivity contribution in [3.05, 3.63) is 29.8 Å². The molecule has 114 valence electrons. The van der Waals surface area contributed by atoms with Gasteiger partial charge in [0.25, 0.3) is 0 Å². The van der Waals surface area contributed by atoms with Gasteiger partial charge in [-0.2, -0.15) is 5.26 Å². The molecule has 0 saturated heterocycles. The van der Waals surface area contributed by atoms with E-state index in [0.29, 0.717) is 17.7 Å². The number of hydrogen-bond donors (Lipinski definition) is 0. The third-order valence-electron chi connectivity index (χ3n) is 4.32. The molecule has 0 spiro atoms. The van der Waals surface area contributed by atoms with Crippen LogP contribution in [0.3, 0.4) is 0 Å². The van der Waals surface area contributed by atoms with Crippen molar-refractivity contribution in [2.24, 2.45) is 5.92 Å². The van der Waals surface area contributed by atoms with Crippen molar-refractivity contribution in [2.45, 2.75) is 62.0 Å². The van der Waals surface area contributed by atoms with Crippen LogP contribution in [0.15, 0.2) is 29.2 Å². The van der Waals surface area contributed by atoms with Gasteiger partial charge in [-0.15, -0.1) is 0 Å². The van der Waals surface area contributed by atoms with E-state index in [-0.39, 0.29) is 11.3 Å². The average Bonchev–Trinajstić information content (AvgIpc) is 2.46. The van der Waals surface area contributed by atoms with E-state index in [9.17, 15) is 13.7 Å². The van der Waals surface area contributed by atoms with Gasteiger partial charge in [-0.3, -0.25) is 0 Å². The van der Waals surface area contributed by atoms with E-state index in [0.717, 1.165) is 18.4 Å². The number of benzene rings is 1. The molecule has 0 radical (unpaired) electrons. The minimum atomic E-state index is -3.41. The fourth-order valence-corrected chi connectivity index (χ4v) is 4.91. The van der Waals surface area contributed by atoms with Crippen LogP contribution in [0.2, 0.25) is 0 Å². The van der Waals surface area contributed by atoms with Gasteiger partial charge in [0.2, 0.25) is 0 Å².